The number of hydrogen-bond donors (Lipinski definition) is 1. The summed E-state index contributed by atoms with van der Waals surface area (Å²) in [6, 6.07) is 8.53. The van der Waals surface area contributed by atoms with Crippen LogP contribution >= 0.6 is 0 Å². The van der Waals surface area contributed by atoms with Crippen molar-refractivity contribution in [3.8, 4) is 0 Å². The Balaban J connectivity index is 2.26. The first-order valence-electron chi connectivity index (χ1n) is 6.47. The highest BCUT2D eigenvalue weighted by molar-refractivity contribution is 5.26. The quantitative estimate of drug-likeness (QED) is 0.876. The molecule has 2 atom stereocenters. The summed E-state index contributed by atoms with van der Waals surface area (Å²) in [4.78, 5) is 4.12. The molecule has 0 saturated heterocycles. The van der Waals surface area contributed by atoms with E-state index in [1.165, 1.54) is 5.56 Å². The number of aromatic nitrogens is 2. The predicted octanol–water partition coefficient (Wildman–Crippen LogP) is 3.33. The van der Waals surface area contributed by atoms with Crippen molar-refractivity contribution in [2.24, 2.45) is 0 Å². The maximum absolute atomic E-state index is 9.53. The summed E-state index contributed by atoms with van der Waals surface area (Å²) >= 11 is 0. The highest BCUT2D eigenvalue weighted by atomic mass is 16.3. The molecule has 18 heavy (non-hydrogen) atoms. The normalized spacial score (nSPS) is 14.4. The summed E-state index contributed by atoms with van der Waals surface area (Å²) in [6.45, 7) is 3.97. The van der Waals surface area contributed by atoms with E-state index >= 15 is 0 Å². The van der Waals surface area contributed by atoms with E-state index < -0.39 is 6.10 Å². The van der Waals surface area contributed by atoms with Gasteiger partial charge in [-0.1, -0.05) is 37.6 Å². The molecular weight excluding hydrogens is 224 g/mol. The topological polar surface area (TPSA) is 38.0 Å². The van der Waals surface area contributed by atoms with Crippen molar-refractivity contribution in [1.82, 2.24) is 9.55 Å². The van der Waals surface area contributed by atoms with Crippen molar-refractivity contribution in [1.29, 1.82) is 0 Å². The van der Waals surface area contributed by atoms with Gasteiger partial charge in [-0.3, -0.25) is 0 Å². The van der Waals surface area contributed by atoms with Gasteiger partial charge >= 0.3 is 0 Å². The Morgan fingerprint density at radius 2 is 1.89 bits per heavy atom. The largest absolute Gasteiger partial charge is 0.389 e. The zero-order valence-corrected chi connectivity index (χ0v) is 11.0. The van der Waals surface area contributed by atoms with Crippen molar-refractivity contribution in [3.05, 3.63) is 54.1 Å². The van der Waals surface area contributed by atoms with E-state index in [0.29, 0.717) is 6.04 Å². The summed E-state index contributed by atoms with van der Waals surface area (Å²) in [5.41, 5.74) is 2.22. The second-order valence-electron chi connectivity index (χ2n) is 4.66. The Bertz CT molecular complexity index is 460. The van der Waals surface area contributed by atoms with Gasteiger partial charge in [0.2, 0.25) is 0 Å². The van der Waals surface area contributed by atoms with Gasteiger partial charge in [-0.25, -0.2) is 4.98 Å². The maximum atomic E-state index is 9.53. The molecule has 2 unspecified atom stereocenters. The van der Waals surface area contributed by atoms with Crippen LogP contribution in [-0.4, -0.2) is 14.7 Å². The Hall–Kier alpha value is -1.61. The van der Waals surface area contributed by atoms with Crippen LogP contribution in [-0.2, 0) is 0 Å². The van der Waals surface area contributed by atoms with Gasteiger partial charge < -0.3 is 9.67 Å². The van der Waals surface area contributed by atoms with Crippen LogP contribution in [0.3, 0.4) is 0 Å². The zero-order valence-electron chi connectivity index (χ0n) is 11.0. The minimum atomic E-state index is -0.406. The van der Waals surface area contributed by atoms with E-state index in [4.69, 9.17) is 0 Å². The molecule has 2 aromatic rings. The third-order valence-electron chi connectivity index (χ3n) is 3.25. The van der Waals surface area contributed by atoms with Gasteiger partial charge in [0, 0.05) is 12.4 Å². The van der Waals surface area contributed by atoms with E-state index in [-0.39, 0.29) is 0 Å². The fraction of sp³-hybridized carbons (Fsp3) is 0.400. The second kappa shape index (κ2) is 5.83. The lowest BCUT2D eigenvalue weighted by atomic mass is 9.99. The van der Waals surface area contributed by atoms with Crippen LogP contribution in [0.2, 0.25) is 0 Å². The molecule has 0 radical (unpaired) electrons. The van der Waals surface area contributed by atoms with E-state index in [1.54, 1.807) is 6.92 Å². The van der Waals surface area contributed by atoms with Gasteiger partial charge in [-0.05, 0) is 24.5 Å². The summed E-state index contributed by atoms with van der Waals surface area (Å²) in [6.07, 6.45) is 7.49. The average Bonchev–Trinajstić information content (AvgIpc) is 2.90. The lowest BCUT2D eigenvalue weighted by Crippen LogP contribution is -2.08. The fourth-order valence-electron chi connectivity index (χ4n) is 2.21. The van der Waals surface area contributed by atoms with Crippen molar-refractivity contribution < 1.29 is 5.11 Å². The Morgan fingerprint density at radius 1 is 1.22 bits per heavy atom. The van der Waals surface area contributed by atoms with Crippen molar-refractivity contribution in [3.63, 3.8) is 0 Å². The summed E-state index contributed by atoms with van der Waals surface area (Å²) in [5.74, 6) is 0. The molecule has 0 fully saturated rings. The number of imidazole rings is 1. The van der Waals surface area contributed by atoms with Gasteiger partial charge in [0.25, 0.3) is 0 Å². The van der Waals surface area contributed by atoms with Crippen LogP contribution in [0.1, 0.15) is 50.0 Å². The highest BCUT2D eigenvalue weighted by Gasteiger charge is 2.12. The molecule has 0 aliphatic rings. The average molecular weight is 244 g/mol. The van der Waals surface area contributed by atoms with Crippen LogP contribution in [0.25, 0.3) is 0 Å². The number of benzene rings is 1. The molecule has 1 aromatic carbocycles. The van der Waals surface area contributed by atoms with Gasteiger partial charge in [-0.2, -0.15) is 0 Å². The summed E-state index contributed by atoms with van der Waals surface area (Å²) in [5, 5.41) is 9.53. The lowest BCUT2D eigenvalue weighted by molar-refractivity contribution is 0.199. The van der Waals surface area contributed by atoms with Crippen molar-refractivity contribution >= 4 is 0 Å². The Labute approximate surface area is 108 Å². The third-order valence-corrected chi connectivity index (χ3v) is 3.25. The standard InChI is InChI=1S/C15H20N2O/c1-3-4-15(17-10-9-16-11-17)14-7-5-13(6-8-14)12(2)18/h5-12,15,18H,3-4H2,1-2H3. The first-order valence-corrected chi connectivity index (χ1v) is 6.47. The SMILES string of the molecule is CCCC(c1ccc(C(C)O)cc1)n1ccnc1. The smallest absolute Gasteiger partial charge is 0.0951 e. The maximum Gasteiger partial charge on any atom is 0.0951 e. The number of rotatable bonds is 5. The minimum Gasteiger partial charge on any atom is -0.389 e. The number of hydrogen-bond acceptors (Lipinski definition) is 2. The van der Waals surface area contributed by atoms with Crippen LogP contribution in [0.4, 0.5) is 0 Å². The van der Waals surface area contributed by atoms with E-state index in [1.807, 2.05) is 30.9 Å². The first kappa shape index (κ1) is 12.8. The Kier molecular flexibility index (Phi) is 4.15. The van der Waals surface area contributed by atoms with E-state index in [9.17, 15) is 5.11 Å². The highest BCUT2D eigenvalue weighted by Crippen LogP contribution is 2.24. The molecule has 0 saturated carbocycles. The van der Waals surface area contributed by atoms with Crippen molar-refractivity contribution in [2.75, 3.05) is 0 Å². The van der Waals surface area contributed by atoms with Gasteiger partial charge in [0.15, 0.2) is 0 Å². The molecule has 0 spiro atoms. The lowest BCUT2D eigenvalue weighted by Gasteiger charge is -2.19. The van der Waals surface area contributed by atoms with Crippen LogP contribution in [0.5, 0.6) is 0 Å². The van der Waals surface area contributed by atoms with Gasteiger partial charge in [-0.15, -0.1) is 0 Å². The molecule has 0 amide bonds. The van der Waals surface area contributed by atoms with Gasteiger partial charge in [0.05, 0.1) is 18.5 Å². The monoisotopic (exact) mass is 244 g/mol. The van der Waals surface area contributed by atoms with Crippen LogP contribution < -0.4 is 0 Å². The van der Waals surface area contributed by atoms with Crippen LogP contribution in [0.15, 0.2) is 43.0 Å². The molecular formula is C15H20N2O. The number of aliphatic hydroxyl groups is 1. The second-order valence-corrected chi connectivity index (χ2v) is 4.66. The summed E-state index contributed by atoms with van der Waals surface area (Å²) in [7, 11) is 0. The molecule has 0 aliphatic heterocycles. The molecule has 3 heteroatoms. The molecule has 3 nitrogen and oxygen atoms in total. The molecule has 2 rings (SSSR count). The predicted molar refractivity (Wildman–Crippen MR) is 72.3 cm³/mol. The minimum absolute atomic E-state index is 0.334. The first-order chi connectivity index (χ1) is 8.72. The fourth-order valence-corrected chi connectivity index (χ4v) is 2.21. The molecule has 1 N–H and O–H groups in total. The molecule has 0 bridgehead atoms. The molecule has 1 heterocycles. The molecule has 1 aromatic heterocycles. The Morgan fingerprint density at radius 3 is 2.39 bits per heavy atom. The molecule has 0 aliphatic carbocycles. The molecule has 96 valence electrons. The number of aliphatic hydroxyl groups excluding tert-OH is 1. The zero-order chi connectivity index (χ0) is 13.0. The third kappa shape index (κ3) is 2.79. The van der Waals surface area contributed by atoms with Crippen molar-refractivity contribution in [2.45, 2.75) is 38.8 Å². The van der Waals surface area contributed by atoms with Gasteiger partial charge in [0.1, 0.15) is 0 Å². The van der Waals surface area contributed by atoms with E-state index in [2.05, 4.69) is 28.6 Å². The summed E-state index contributed by atoms with van der Waals surface area (Å²) < 4.78 is 2.14. The number of nitrogens with zero attached hydrogens (tertiary/aromatic N) is 2. The van der Waals surface area contributed by atoms with E-state index in [0.717, 1.165) is 18.4 Å². The van der Waals surface area contributed by atoms with Crippen LogP contribution in [0, 0.1) is 0 Å².